The van der Waals surface area contributed by atoms with Gasteiger partial charge in [-0.1, -0.05) is 45.8 Å². The fraction of sp³-hybridized carbons (Fsp3) is 0.657. The Labute approximate surface area is 366 Å². The van der Waals surface area contributed by atoms with Gasteiger partial charge < -0.3 is 9.84 Å². The normalized spacial score (nSPS) is 14.1. The molecule has 376 valence electrons. The van der Waals surface area contributed by atoms with Gasteiger partial charge in [0.25, 0.3) is 0 Å². The summed E-state index contributed by atoms with van der Waals surface area (Å²) in [5.74, 6) is -2.20. The van der Waals surface area contributed by atoms with Crippen molar-refractivity contribution in [2.24, 2.45) is 21.7 Å². The zero-order valence-electron chi connectivity index (χ0n) is 33.3. The number of aliphatic hydroxyl groups is 1. The number of aliphatic hydroxyl groups excluding tert-OH is 1. The number of ether oxygens (including phenoxy) is 1. The number of hydrogen-bond donors (Lipinski definition) is 1. The molecule has 0 saturated heterocycles. The van der Waals surface area contributed by atoms with Crippen LogP contribution in [-0.4, -0.2) is 86.3 Å². The van der Waals surface area contributed by atoms with E-state index in [0.29, 0.717) is 38.6 Å². The highest BCUT2D eigenvalue weighted by molar-refractivity contribution is 9.08. The maximum absolute atomic E-state index is 12.7. The smallest absolute Gasteiger partial charge is 0.395 e. The average molecular weight is 1090 g/mol. The van der Waals surface area contributed by atoms with Crippen LogP contribution in [0.4, 0.5) is 105 Å². The van der Waals surface area contributed by atoms with Crippen LogP contribution in [0.25, 0.3) is 0 Å². The third-order valence-corrected chi connectivity index (χ3v) is 12.2. The van der Waals surface area contributed by atoms with Gasteiger partial charge in [-0.05, 0) is 64.4 Å². The molecule has 2 aromatic rings. The summed E-state index contributed by atoms with van der Waals surface area (Å²) in [4.78, 5) is 0.750. The van der Waals surface area contributed by atoms with Crippen molar-refractivity contribution in [2.75, 3.05) is 31.8 Å². The maximum Gasteiger partial charge on any atom is 0.405 e. The second-order valence-electron chi connectivity index (χ2n) is 14.1. The predicted molar refractivity (Wildman–Crippen MR) is 192 cm³/mol. The van der Waals surface area contributed by atoms with Crippen LogP contribution in [0.1, 0.15) is 38.8 Å². The van der Waals surface area contributed by atoms with Gasteiger partial charge in [-0.25, -0.2) is 0 Å². The maximum atomic E-state index is 12.7. The van der Waals surface area contributed by atoms with Crippen molar-refractivity contribution >= 4 is 39.5 Å². The molecule has 0 aliphatic carbocycles. The van der Waals surface area contributed by atoms with E-state index in [4.69, 9.17) is 5.11 Å². The second kappa shape index (κ2) is 22.8. The minimum absolute atomic E-state index is 0.0660. The topological polar surface area (TPSA) is 29.5 Å². The molecule has 2 aromatic carbocycles. The van der Waals surface area contributed by atoms with Gasteiger partial charge in [-0.15, -0.1) is 23.5 Å². The van der Waals surface area contributed by atoms with Gasteiger partial charge in [0.1, 0.15) is 0 Å². The number of aryl methyl sites for hydroxylation is 1. The van der Waals surface area contributed by atoms with E-state index in [2.05, 4.69) is 20.7 Å². The first-order valence-corrected chi connectivity index (χ1v) is 19.8. The van der Waals surface area contributed by atoms with Gasteiger partial charge in [0, 0.05) is 33.7 Å². The molecule has 1 N–H and O–H groups in total. The van der Waals surface area contributed by atoms with Crippen LogP contribution in [-0.2, 0) is 10.1 Å². The standard InChI is InChI=1S/C12H11BrF6S.C12H12F6S.C6H8F6O.C5H6F6O/c1-10(11(14,15)16,12(17,18)19)7-20-9-4-2-8(6-13)3-5-9;1-8-3-5-9(6-4-8)19-7-10(2,11(13,14)15)12(16,17)18;1-4(3-13-2,5(7,8)9)6(10,11)12;1-3(2-12,4(6,7)8)5(9,10)11/h2-5H,6-7H2,1H3;3-6H,7H2,1-2H3;3H2,1-2H3;12H,2H2,1H3. The van der Waals surface area contributed by atoms with Crippen molar-refractivity contribution in [3.05, 3.63) is 59.7 Å². The molecule has 0 saturated carbocycles. The number of benzene rings is 2. The van der Waals surface area contributed by atoms with E-state index in [1.54, 1.807) is 31.2 Å². The summed E-state index contributed by atoms with van der Waals surface area (Å²) >= 11 is 4.30. The summed E-state index contributed by atoms with van der Waals surface area (Å²) in [6.07, 6.45) is -43.0. The highest BCUT2D eigenvalue weighted by Gasteiger charge is 2.70. The van der Waals surface area contributed by atoms with Crippen LogP contribution in [0, 0.1) is 28.6 Å². The lowest BCUT2D eigenvalue weighted by atomic mass is 9.90. The van der Waals surface area contributed by atoms with Crippen molar-refractivity contribution in [3.63, 3.8) is 0 Å². The summed E-state index contributed by atoms with van der Waals surface area (Å²) in [6, 6.07) is 12.6. The minimum atomic E-state index is -5.49. The van der Waals surface area contributed by atoms with Crippen LogP contribution in [0.2, 0.25) is 0 Å². The highest BCUT2D eigenvalue weighted by Crippen LogP contribution is 2.54. The molecule has 0 aliphatic heterocycles. The third-order valence-electron chi connectivity index (χ3n) is 8.91. The predicted octanol–water partition coefficient (Wildman–Crippen LogP) is 15.9. The van der Waals surface area contributed by atoms with Crippen LogP contribution >= 0.6 is 39.5 Å². The molecule has 29 heteroatoms. The van der Waals surface area contributed by atoms with Gasteiger partial charge in [0.05, 0.1) is 13.2 Å². The lowest BCUT2D eigenvalue weighted by Crippen LogP contribution is -2.50. The molecule has 0 bridgehead atoms. The molecule has 2 nitrogen and oxygen atoms in total. The third kappa shape index (κ3) is 16.9. The largest absolute Gasteiger partial charge is 0.405 e. The SMILES string of the molecule is CC(CO)(C(F)(F)F)C(F)(F)F.CC(CSc1ccc(CBr)cc1)(C(F)(F)F)C(F)(F)F.COCC(C)(C(F)(F)F)C(F)(F)F.Cc1ccc(SCC(C)(C(F)(F)F)C(F)(F)F)cc1. The fourth-order valence-corrected chi connectivity index (χ4v) is 5.96. The molecular weight excluding hydrogens is 1050 g/mol. The van der Waals surface area contributed by atoms with Crippen LogP contribution in [0.15, 0.2) is 58.3 Å². The molecule has 2 rings (SSSR count). The molecule has 0 unspecified atom stereocenters. The molecule has 0 aromatic heterocycles. The van der Waals surface area contributed by atoms with Crippen LogP contribution < -0.4 is 0 Å². The monoisotopic (exact) mass is 1090 g/mol. The van der Waals surface area contributed by atoms with Crippen molar-refractivity contribution in [3.8, 4) is 0 Å². The number of halogens is 25. The average Bonchev–Trinajstić information content (AvgIpc) is 3.10. The summed E-state index contributed by atoms with van der Waals surface area (Å²) in [5.41, 5.74) is -13.5. The Kier molecular flexibility index (Phi) is 22.8. The Hall–Kier alpha value is -2.14. The van der Waals surface area contributed by atoms with Crippen molar-refractivity contribution in [2.45, 2.75) is 99.2 Å². The van der Waals surface area contributed by atoms with E-state index >= 15 is 0 Å². The molecule has 64 heavy (non-hydrogen) atoms. The van der Waals surface area contributed by atoms with Crippen molar-refractivity contribution in [1.29, 1.82) is 0 Å². The molecule has 0 spiro atoms. The number of rotatable bonds is 10. The van der Waals surface area contributed by atoms with Gasteiger partial charge in [0.15, 0.2) is 21.7 Å². The summed E-state index contributed by atoms with van der Waals surface area (Å²) in [5, 5.41) is 8.59. The van der Waals surface area contributed by atoms with E-state index in [-0.39, 0.29) is 27.7 Å². The van der Waals surface area contributed by atoms with Crippen molar-refractivity contribution < 1.29 is 115 Å². The molecule has 0 fully saturated rings. The number of hydrogen-bond acceptors (Lipinski definition) is 4. The van der Waals surface area contributed by atoms with Gasteiger partial charge in [-0.3, -0.25) is 0 Å². The highest BCUT2D eigenvalue weighted by atomic mass is 79.9. The summed E-state index contributed by atoms with van der Waals surface area (Å²) in [7, 11) is 0.787. The van der Waals surface area contributed by atoms with E-state index in [9.17, 15) is 105 Å². The molecule has 0 amide bonds. The second-order valence-corrected chi connectivity index (χ2v) is 16.7. The Bertz CT molecular complexity index is 1600. The molecular formula is C35H37BrF24O2S2. The van der Waals surface area contributed by atoms with E-state index in [1.807, 2.05) is 0 Å². The zero-order valence-corrected chi connectivity index (χ0v) is 36.5. The Morgan fingerprint density at radius 1 is 0.438 bits per heavy atom. The van der Waals surface area contributed by atoms with Gasteiger partial charge in [0.2, 0.25) is 0 Å². The molecule has 0 atom stereocenters. The van der Waals surface area contributed by atoms with E-state index < -0.39 is 95.8 Å². The lowest BCUT2D eigenvalue weighted by Gasteiger charge is -2.33. The van der Waals surface area contributed by atoms with Gasteiger partial charge in [-0.2, -0.15) is 105 Å². The molecule has 0 radical (unpaired) electrons. The Morgan fingerprint density at radius 3 is 0.859 bits per heavy atom. The first-order valence-electron chi connectivity index (χ1n) is 16.7. The summed E-state index contributed by atoms with van der Waals surface area (Å²) < 4.78 is 298. The lowest BCUT2D eigenvalue weighted by molar-refractivity contribution is -0.344. The number of methoxy groups -OCH3 is 1. The van der Waals surface area contributed by atoms with Crippen LogP contribution in [0.3, 0.4) is 0 Å². The summed E-state index contributed by atoms with van der Waals surface area (Å²) in [6.45, 7) is -1.30. The number of thioether (sulfide) groups is 2. The van der Waals surface area contributed by atoms with E-state index in [0.717, 1.165) is 18.2 Å². The first-order chi connectivity index (χ1) is 28.1. The number of alkyl halides is 25. The van der Waals surface area contributed by atoms with Crippen LogP contribution in [0.5, 0.6) is 0 Å². The van der Waals surface area contributed by atoms with Gasteiger partial charge >= 0.3 is 49.4 Å². The Balaban J connectivity index is 0. The molecule has 0 heterocycles. The quantitative estimate of drug-likeness (QED) is 0.146. The van der Waals surface area contributed by atoms with E-state index in [1.165, 1.54) is 24.3 Å². The zero-order chi connectivity index (χ0) is 51.6. The fourth-order valence-electron chi connectivity index (χ4n) is 3.37. The molecule has 0 aliphatic rings. The van der Waals surface area contributed by atoms with Crippen molar-refractivity contribution in [1.82, 2.24) is 0 Å². The minimum Gasteiger partial charge on any atom is -0.395 e. The Morgan fingerprint density at radius 2 is 0.688 bits per heavy atom. The first kappa shape index (κ1) is 63.9.